The molecule has 0 fully saturated rings. The van der Waals surface area contributed by atoms with Gasteiger partial charge in [-0.3, -0.25) is 14.4 Å². The van der Waals surface area contributed by atoms with E-state index in [0.29, 0.717) is 23.4 Å². The summed E-state index contributed by atoms with van der Waals surface area (Å²) in [5, 5.41) is 2.78. The van der Waals surface area contributed by atoms with Crippen LogP contribution in [-0.2, 0) is 11.3 Å². The highest BCUT2D eigenvalue weighted by Crippen LogP contribution is 2.15. The highest BCUT2D eigenvalue weighted by molar-refractivity contribution is 5.94. The molecule has 0 spiro atoms. The van der Waals surface area contributed by atoms with Gasteiger partial charge < -0.3 is 10.1 Å². The third kappa shape index (κ3) is 5.28. The van der Waals surface area contributed by atoms with Crippen molar-refractivity contribution in [3.05, 3.63) is 65.2 Å². The molecule has 130 valence electrons. The van der Waals surface area contributed by atoms with Crippen molar-refractivity contribution in [1.29, 1.82) is 0 Å². The quantitative estimate of drug-likeness (QED) is 0.787. The summed E-state index contributed by atoms with van der Waals surface area (Å²) in [6.07, 6.45) is -0.710. The Bertz CT molecular complexity index is 798. The lowest BCUT2D eigenvalue weighted by Gasteiger charge is -2.15. The van der Waals surface area contributed by atoms with Crippen LogP contribution in [0.25, 0.3) is 0 Å². The third-order valence-electron chi connectivity index (χ3n) is 3.72. The van der Waals surface area contributed by atoms with Crippen LogP contribution in [0, 0.1) is 0 Å². The van der Waals surface area contributed by atoms with Gasteiger partial charge in [0.05, 0.1) is 0 Å². The number of carbonyl (C=O) groups is 3. The summed E-state index contributed by atoms with van der Waals surface area (Å²) in [7, 11) is 0. The van der Waals surface area contributed by atoms with E-state index in [2.05, 4.69) is 5.32 Å². The smallest absolute Gasteiger partial charge is 0.261 e. The van der Waals surface area contributed by atoms with E-state index in [1.807, 2.05) is 6.07 Å². The number of ether oxygens (including phenoxy) is 1. The monoisotopic (exact) mass is 339 g/mol. The normalized spacial score (nSPS) is 11.5. The number of Topliss-reactive ketones (excluding diaryl/α,β-unsaturated/α-hetero) is 2. The predicted molar refractivity (Wildman–Crippen MR) is 94.8 cm³/mol. The number of hydrogen-bond donors (Lipinski definition) is 1. The number of benzene rings is 2. The largest absolute Gasteiger partial charge is 0.481 e. The first-order chi connectivity index (χ1) is 11.9. The van der Waals surface area contributed by atoms with Gasteiger partial charge >= 0.3 is 0 Å². The number of hydrogen-bond acceptors (Lipinski definition) is 4. The molecule has 0 aliphatic heterocycles. The Hall–Kier alpha value is -2.95. The van der Waals surface area contributed by atoms with Gasteiger partial charge in [-0.1, -0.05) is 30.3 Å². The van der Waals surface area contributed by atoms with E-state index < -0.39 is 6.10 Å². The molecule has 0 saturated heterocycles. The molecule has 5 nitrogen and oxygen atoms in total. The lowest BCUT2D eigenvalue weighted by molar-refractivity contribution is -0.127. The van der Waals surface area contributed by atoms with E-state index in [1.54, 1.807) is 49.4 Å². The second kappa shape index (κ2) is 8.24. The summed E-state index contributed by atoms with van der Waals surface area (Å²) in [6.45, 7) is 4.93. The van der Waals surface area contributed by atoms with Gasteiger partial charge in [0.15, 0.2) is 17.7 Å². The lowest BCUT2D eigenvalue weighted by Crippen LogP contribution is -2.35. The molecule has 0 saturated carbocycles. The maximum Gasteiger partial charge on any atom is 0.261 e. The zero-order valence-corrected chi connectivity index (χ0v) is 14.5. The molecule has 1 N–H and O–H groups in total. The zero-order valence-electron chi connectivity index (χ0n) is 14.5. The maximum absolute atomic E-state index is 12.2. The van der Waals surface area contributed by atoms with Gasteiger partial charge in [-0.15, -0.1) is 0 Å². The maximum atomic E-state index is 12.2. The number of ketones is 2. The van der Waals surface area contributed by atoms with Gasteiger partial charge in [0.1, 0.15) is 5.75 Å². The second-order valence-electron chi connectivity index (χ2n) is 5.82. The average molecular weight is 339 g/mol. The number of rotatable bonds is 7. The highest BCUT2D eigenvalue weighted by atomic mass is 16.5. The van der Waals surface area contributed by atoms with Gasteiger partial charge in [0.25, 0.3) is 5.91 Å². The van der Waals surface area contributed by atoms with E-state index in [0.717, 1.165) is 5.56 Å². The van der Waals surface area contributed by atoms with Crippen LogP contribution in [0.4, 0.5) is 0 Å². The van der Waals surface area contributed by atoms with Gasteiger partial charge in [-0.2, -0.15) is 0 Å². The fraction of sp³-hybridized carbons (Fsp3) is 0.250. The van der Waals surface area contributed by atoms with Crippen LogP contribution in [0.1, 0.15) is 47.1 Å². The molecule has 0 unspecified atom stereocenters. The van der Waals surface area contributed by atoms with E-state index in [9.17, 15) is 14.4 Å². The Morgan fingerprint density at radius 1 is 0.960 bits per heavy atom. The van der Waals surface area contributed by atoms with Crippen LogP contribution in [0.2, 0.25) is 0 Å². The average Bonchev–Trinajstić information content (AvgIpc) is 2.60. The summed E-state index contributed by atoms with van der Waals surface area (Å²) in [5.74, 6) is 0.110. The summed E-state index contributed by atoms with van der Waals surface area (Å²) >= 11 is 0. The number of nitrogens with one attached hydrogen (secondary N) is 1. The fourth-order valence-electron chi connectivity index (χ4n) is 2.28. The molecule has 2 aromatic carbocycles. The molecule has 5 heteroatoms. The standard InChI is InChI=1S/C20H21NO4/c1-13(22)17-7-4-6-16(10-17)12-21-20(24)15(3)25-19-9-5-8-18(11-19)14(2)23/h4-11,15H,12H2,1-3H3,(H,21,24)/t15-/m1/s1. The lowest BCUT2D eigenvalue weighted by atomic mass is 10.1. The summed E-state index contributed by atoms with van der Waals surface area (Å²) in [6, 6.07) is 13.8. The highest BCUT2D eigenvalue weighted by Gasteiger charge is 2.15. The van der Waals surface area contributed by atoms with Crippen molar-refractivity contribution in [3.63, 3.8) is 0 Å². The molecule has 0 radical (unpaired) electrons. The SMILES string of the molecule is CC(=O)c1cccc(CNC(=O)[C@@H](C)Oc2cccc(C(C)=O)c2)c1. The molecule has 0 aromatic heterocycles. The van der Waals surface area contributed by atoms with E-state index in [1.165, 1.54) is 13.8 Å². The van der Waals surface area contributed by atoms with Gasteiger partial charge in [-0.25, -0.2) is 0 Å². The molecule has 2 rings (SSSR count). The molecule has 25 heavy (non-hydrogen) atoms. The molecular weight excluding hydrogens is 318 g/mol. The Morgan fingerprint density at radius 3 is 2.20 bits per heavy atom. The molecule has 0 bridgehead atoms. The summed E-state index contributed by atoms with van der Waals surface area (Å²) < 4.78 is 5.60. The van der Waals surface area contributed by atoms with Crippen molar-refractivity contribution in [1.82, 2.24) is 5.32 Å². The van der Waals surface area contributed by atoms with Crippen LogP contribution < -0.4 is 10.1 Å². The van der Waals surface area contributed by atoms with E-state index in [4.69, 9.17) is 4.74 Å². The third-order valence-corrected chi connectivity index (χ3v) is 3.72. The first kappa shape index (κ1) is 18.4. The topological polar surface area (TPSA) is 72.5 Å². The minimum Gasteiger partial charge on any atom is -0.481 e. The van der Waals surface area contributed by atoms with E-state index >= 15 is 0 Å². The second-order valence-corrected chi connectivity index (χ2v) is 5.82. The van der Waals surface area contributed by atoms with Gasteiger partial charge in [0, 0.05) is 17.7 Å². The van der Waals surface area contributed by atoms with Crippen LogP contribution in [0.5, 0.6) is 5.75 Å². The minimum atomic E-state index is -0.710. The van der Waals surface area contributed by atoms with Crippen LogP contribution in [-0.4, -0.2) is 23.6 Å². The molecule has 0 heterocycles. The molecule has 2 aromatic rings. The molecule has 0 aliphatic rings. The Morgan fingerprint density at radius 2 is 1.56 bits per heavy atom. The van der Waals surface area contributed by atoms with Crippen molar-refractivity contribution < 1.29 is 19.1 Å². The molecule has 1 atom stereocenters. The van der Waals surface area contributed by atoms with Crippen molar-refractivity contribution in [2.75, 3.05) is 0 Å². The minimum absolute atomic E-state index is 0.0183. The molecule has 1 amide bonds. The zero-order chi connectivity index (χ0) is 18.4. The Kier molecular flexibility index (Phi) is 6.06. The van der Waals surface area contributed by atoms with Crippen LogP contribution in [0.3, 0.4) is 0 Å². The van der Waals surface area contributed by atoms with Crippen molar-refractivity contribution in [2.24, 2.45) is 0 Å². The first-order valence-corrected chi connectivity index (χ1v) is 8.02. The first-order valence-electron chi connectivity index (χ1n) is 8.02. The van der Waals surface area contributed by atoms with Crippen molar-refractivity contribution in [2.45, 2.75) is 33.4 Å². The number of amides is 1. The fourth-order valence-corrected chi connectivity index (χ4v) is 2.28. The predicted octanol–water partition coefficient (Wildman–Crippen LogP) is 3.18. The van der Waals surface area contributed by atoms with Gasteiger partial charge in [0.2, 0.25) is 0 Å². The summed E-state index contributed by atoms with van der Waals surface area (Å²) in [5.41, 5.74) is 1.98. The van der Waals surface area contributed by atoms with E-state index in [-0.39, 0.29) is 17.5 Å². The van der Waals surface area contributed by atoms with Crippen molar-refractivity contribution >= 4 is 17.5 Å². The van der Waals surface area contributed by atoms with Crippen molar-refractivity contribution in [3.8, 4) is 5.75 Å². The number of carbonyl (C=O) groups excluding carboxylic acids is 3. The Labute approximate surface area is 147 Å². The summed E-state index contributed by atoms with van der Waals surface area (Å²) in [4.78, 5) is 35.0. The Balaban J connectivity index is 1.94. The van der Waals surface area contributed by atoms with Crippen LogP contribution in [0.15, 0.2) is 48.5 Å². The van der Waals surface area contributed by atoms with Gasteiger partial charge in [-0.05, 0) is 44.5 Å². The molecular formula is C20H21NO4. The molecule has 0 aliphatic carbocycles. The van der Waals surface area contributed by atoms with Crippen LogP contribution >= 0.6 is 0 Å².